The van der Waals surface area contributed by atoms with Gasteiger partial charge >= 0.3 is 0 Å². The third-order valence-corrected chi connectivity index (χ3v) is 3.00. The first-order chi connectivity index (χ1) is 7.30. The molecule has 0 aliphatic heterocycles. The van der Waals surface area contributed by atoms with Crippen LogP contribution in [0.2, 0.25) is 0 Å². The molecule has 7 heteroatoms. The molecule has 0 saturated carbocycles. The van der Waals surface area contributed by atoms with Crippen LogP contribution < -0.4 is 16.6 Å². The summed E-state index contributed by atoms with van der Waals surface area (Å²) in [6.07, 6.45) is 0.264. The minimum atomic E-state index is -3.69. The van der Waals surface area contributed by atoms with Gasteiger partial charge in [0.2, 0.25) is 15.9 Å². The minimum absolute atomic E-state index is 0.0175. The highest BCUT2D eigenvalue weighted by Crippen LogP contribution is 2.09. The van der Waals surface area contributed by atoms with Crippen molar-refractivity contribution < 1.29 is 13.2 Å². The molecular formula is C9H13N3O3S. The Bertz CT molecular complexity index is 481. The van der Waals surface area contributed by atoms with E-state index in [-0.39, 0.29) is 11.3 Å². The Morgan fingerprint density at radius 1 is 1.25 bits per heavy atom. The predicted octanol–water partition coefficient (Wildman–Crippen LogP) is -1.31. The van der Waals surface area contributed by atoms with Crippen LogP contribution in [0, 0.1) is 0 Å². The lowest BCUT2D eigenvalue weighted by Gasteiger charge is -2.07. The van der Waals surface area contributed by atoms with Crippen molar-refractivity contribution in [1.29, 1.82) is 0 Å². The number of amides is 1. The van der Waals surface area contributed by atoms with Crippen LogP contribution >= 0.6 is 0 Å². The van der Waals surface area contributed by atoms with Gasteiger partial charge < -0.3 is 11.5 Å². The van der Waals surface area contributed by atoms with Crippen molar-refractivity contribution in [2.45, 2.75) is 17.4 Å². The molecule has 88 valence electrons. The molecule has 0 aromatic heterocycles. The van der Waals surface area contributed by atoms with Gasteiger partial charge in [-0.15, -0.1) is 0 Å². The summed E-state index contributed by atoms with van der Waals surface area (Å²) in [5, 5.41) is 4.93. The maximum absolute atomic E-state index is 11.0. The lowest BCUT2D eigenvalue weighted by atomic mass is 10.1. The summed E-state index contributed by atoms with van der Waals surface area (Å²) in [6, 6.07) is 5.03. The first kappa shape index (κ1) is 12.6. The van der Waals surface area contributed by atoms with Crippen LogP contribution in [0.25, 0.3) is 0 Å². The van der Waals surface area contributed by atoms with E-state index in [9.17, 15) is 13.2 Å². The fraction of sp³-hybridized carbons (Fsp3) is 0.222. The number of benzene rings is 1. The van der Waals surface area contributed by atoms with Crippen molar-refractivity contribution in [2.24, 2.45) is 16.6 Å². The van der Waals surface area contributed by atoms with Crippen molar-refractivity contribution >= 4 is 15.9 Å². The number of rotatable bonds is 4. The van der Waals surface area contributed by atoms with E-state index < -0.39 is 22.0 Å². The topological polar surface area (TPSA) is 129 Å². The third kappa shape index (κ3) is 3.30. The van der Waals surface area contributed by atoms with Crippen LogP contribution in [0.4, 0.5) is 0 Å². The van der Waals surface area contributed by atoms with Crippen LogP contribution in [0.5, 0.6) is 0 Å². The molecule has 0 radical (unpaired) electrons. The molecule has 6 N–H and O–H groups in total. The van der Waals surface area contributed by atoms with Crippen LogP contribution in [0.3, 0.4) is 0 Å². The summed E-state index contributed by atoms with van der Waals surface area (Å²) in [5.74, 6) is -0.601. The zero-order valence-corrected chi connectivity index (χ0v) is 9.28. The zero-order chi connectivity index (χ0) is 12.3. The molecule has 0 spiro atoms. The highest BCUT2D eigenvalue weighted by molar-refractivity contribution is 7.89. The van der Waals surface area contributed by atoms with Crippen molar-refractivity contribution in [3.8, 4) is 0 Å². The molecule has 0 aliphatic carbocycles. The van der Waals surface area contributed by atoms with E-state index in [4.69, 9.17) is 16.6 Å². The second-order valence-corrected chi connectivity index (χ2v) is 4.96. The molecule has 0 aliphatic rings. The zero-order valence-electron chi connectivity index (χ0n) is 8.46. The van der Waals surface area contributed by atoms with Gasteiger partial charge in [-0.1, -0.05) is 12.1 Å². The van der Waals surface area contributed by atoms with Crippen LogP contribution in [0.1, 0.15) is 5.56 Å². The fourth-order valence-corrected chi connectivity index (χ4v) is 1.69. The monoisotopic (exact) mass is 243 g/mol. The van der Waals surface area contributed by atoms with Gasteiger partial charge in [0.25, 0.3) is 0 Å². The Morgan fingerprint density at radius 2 is 1.75 bits per heavy atom. The molecule has 0 heterocycles. The quantitative estimate of drug-likeness (QED) is 0.606. The number of carbonyl (C=O) groups is 1. The largest absolute Gasteiger partial charge is 0.368 e. The maximum atomic E-state index is 11.0. The summed E-state index contributed by atoms with van der Waals surface area (Å²) < 4.78 is 21.9. The van der Waals surface area contributed by atoms with E-state index in [1.165, 1.54) is 12.1 Å². The number of hydrogen-bond donors (Lipinski definition) is 3. The minimum Gasteiger partial charge on any atom is -0.368 e. The average Bonchev–Trinajstić information content (AvgIpc) is 2.17. The molecular weight excluding hydrogens is 230 g/mol. The highest BCUT2D eigenvalue weighted by Gasteiger charge is 2.11. The Morgan fingerprint density at radius 3 is 2.12 bits per heavy atom. The van der Waals surface area contributed by atoms with Crippen molar-refractivity contribution in [2.75, 3.05) is 0 Å². The smallest absolute Gasteiger partial charge is 0.238 e. The normalized spacial score (nSPS) is 13.4. The molecule has 1 atom stereocenters. The van der Waals surface area contributed by atoms with Gasteiger partial charge in [-0.3, -0.25) is 4.79 Å². The highest BCUT2D eigenvalue weighted by atomic mass is 32.2. The van der Waals surface area contributed by atoms with Crippen LogP contribution in [-0.2, 0) is 21.2 Å². The molecule has 1 rings (SSSR count). The molecule has 16 heavy (non-hydrogen) atoms. The van der Waals surface area contributed by atoms with Gasteiger partial charge in [-0.05, 0) is 24.1 Å². The Kier molecular flexibility index (Phi) is 3.63. The summed E-state index contributed by atoms with van der Waals surface area (Å²) in [5.41, 5.74) is 11.2. The lowest BCUT2D eigenvalue weighted by Crippen LogP contribution is -2.38. The number of sulfonamides is 1. The van der Waals surface area contributed by atoms with Gasteiger partial charge in [-0.25, -0.2) is 13.6 Å². The van der Waals surface area contributed by atoms with E-state index >= 15 is 0 Å². The van der Waals surface area contributed by atoms with Gasteiger partial charge in [0, 0.05) is 0 Å². The van der Waals surface area contributed by atoms with E-state index in [2.05, 4.69) is 0 Å². The number of hydrogen-bond acceptors (Lipinski definition) is 4. The third-order valence-electron chi connectivity index (χ3n) is 2.07. The van der Waals surface area contributed by atoms with Crippen LogP contribution in [0.15, 0.2) is 29.2 Å². The number of carbonyl (C=O) groups excluding carboxylic acids is 1. The van der Waals surface area contributed by atoms with Gasteiger partial charge in [-0.2, -0.15) is 0 Å². The Labute approximate surface area is 93.5 Å². The van der Waals surface area contributed by atoms with E-state index in [1.807, 2.05) is 0 Å². The summed E-state index contributed by atoms with van der Waals surface area (Å²) in [7, 11) is -3.69. The molecule has 6 nitrogen and oxygen atoms in total. The second-order valence-electron chi connectivity index (χ2n) is 3.40. The summed E-state index contributed by atoms with van der Waals surface area (Å²) in [6.45, 7) is 0. The van der Waals surface area contributed by atoms with E-state index in [0.717, 1.165) is 5.56 Å². The van der Waals surface area contributed by atoms with Crippen LogP contribution in [-0.4, -0.2) is 20.4 Å². The molecule has 0 unspecified atom stereocenters. The fourth-order valence-electron chi connectivity index (χ4n) is 1.17. The summed E-state index contributed by atoms with van der Waals surface area (Å²) in [4.78, 5) is 10.7. The lowest BCUT2D eigenvalue weighted by molar-refractivity contribution is -0.119. The number of primary amides is 1. The van der Waals surface area contributed by atoms with E-state index in [1.54, 1.807) is 12.1 Å². The first-order valence-electron chi connectivity index (χ1n) is 4.47. The van der Waals surface area contributed by atoms with Gasteiger partial charge in [0.05, 0.1) is 10.9 Å². The van der Waals surface area contributed by atoms with Crippen molar-refractivity contribution in [3.05, 3.63) is 29.8 Å². The van der Waals surface area contributed by atoms with Crippen molar-refractivity contribution in [1.82, 2.24) is 0 Å². The molecule has 1 aromatic carbocycles. The molecule has 0 fully saturated rings. The Hall–Kier alpha value is -1.44. The molecule has 1 amide bonds. The molecule has 0 bridgehead atoms. The standard InChI is InChI=1S/C9H13N3O3S/c10-8(9(11)13)5-6-1-3-7(4-2-6)16(12,14)15/h1-4,8H,5,10H2,(H2,11,13)(H2,12,14,15)/t8-/m0/s1. The SMILES string of the molecule is NC(=O)[C@@H](N)Cc1ccc(S(N)(=O)=O)cc1. The predicted molar refractivity (Wildman–Crippen MR) is 58.7 cm³/mol. The Balaban J connectivity index is 2.84. The maximum Gasteiger partial charge on any atom is 0.238 e. The molecule has 1 aromatic rings. The average molecular weight is 243 g/mol. The van der Waals surface area contributed by atoms with Crippen molar-refractivity contribution in [3.63, 3.8) is 0 Å². The number of nitrogens with two attached hydrogens (primary N) is 3. The number of primary sulfonamides is 1. The van der Waals surface area contributed by atoms with Gasteiger partial charge in [0.15, 0.2) is 0 Å². The van der Waals surface area contributed by atoms with E-state index in [0.29, 0.717) is 0 Å². The molecule has 0 saturated heterocycles. The second kappa shape index (κ2) is 4.60. The first-order valence-corrected chi connectivity index (χ1v) is 6.02. The summed E-state index contributed by atoms with van der Waals surface area (Å²) >= 11 is 0. The van der Waals surface area contributed by atoms with Gasteiger partial charge in [0.1, 0.15) is 0 Å².